The van der Waals surface area contributed by atoms with Gasteiger partial charge >= 0.3 is 5.97 Å². The Labute approximate surface area is 101 Å². The summed E-state index contributed by atoms with van der Waals surface area (Å²) in [5.74, 6) is -1.85. The molecule has 100 valence electrons. The summed E-state index contributed by atoms with van der Waals surface area (Å²) in [6, 6.07) is -0.555. The van der Waals surface area contributed by atoms with Crippen LogP contribution in [0.4, 0.5) is 0 Å². The fraction of sp³-hybridized carbons (Fsp3) is 0.900. The number of nitrogens with two attached hydrogens (primary N) is 1. The molecular weight excluding hydrogens is 246 g/mol. The number of carboxylic acids is 1. The molecular formula is C10H19NO5S. The van der Waals surface area contributed by atoms with E-state index in [1.165, 1.54) is 7.11 Å². The number of aliphatic carboxylic acids is 1. The zero-order chi connectivity index (χ0) is 13.2. The third-order valence-corrected chi connectivity index (χ3v) is 5.67. The molecule has 3 N–H and O–H groups in total. The summed E-state index contributed by atoms with van der Waals surface area (Å²) in [6.45, 7) is 1.54. The number of hydrogen-bond acceptors (Lipinski definition) is 5. The van der Waals surface area contributed by atoms with Gasteiger partial charge < -0.3 is 15.6 Å². The molecule has 6 nitrogen and oxygen atoms in total. The second-order valence-electron chi connectivity index (χ2n) is 4.34. The van der Waals surface area contributed by atoms with E-state index in [9.17, 15) is 13.2 Å². The molecule has 17 heavy (non-hydrogen) atoms. The summed E-state index contributed by atoms with van der Waals surface area (Å²) >= 11 is 0. The first-order valence-electron chi connectivity index (χ1n) is 5.56. The highest BCUT2D eigenvalue weighted by Crippen LogP contribution is 2.30. The molecule has 1 aliphatic carbocycles. The average Bonchev–Trinajstić information content (AvgIpc) is 2.27. The number of hydrogen-bond donors (Lipinski definition) is 2. The fourth-order valence-electron chi connectivity index (χ4n) is 2.31. The van der Waals surface area contributed by atoms with Crippen molar-refractivity contribution >= 4 is 15.8 Å². The lowest BCUT2D eigenvalue weighted by atomic mass is 9.83. The van der Waals surface area contributed by atoms with Crippen LogP contribution >= 0.6 is 0 Å². The Balaban J connectivity index is 2.95. The minimum Gasteiger partial charge on any atom is -0.481 e. The second-order valence-corrected chi connectivity index (χ2v) is 6.85. The molecule has 0 aromatic carbocycles. The van der Waals surface area contributed by atoms with Crippen molar-refractivity contribution in [2.75, 3.05) is 12.9 Å². The molecule has 0 aromatic heterocycles. The molecule has 1 fully saturated rings. The Bertz CT molecular complexity index is 380. The molecule has 4 unspecified atom stereocenters. The maximum Gasteiger partial charge on any atom is 0.309 e. The lowest BCUT2D eigenvalue weighted by Gasteiger charge is -2.36. The Kier molecular flexibility index (Phi) is 4.51. The van der Waals surface area contributed by atoms with Crippen LogP contribution < -0.4 is 5.73 Å². The molecule has 0 aliphatic heterocycles. The van der Waals surface area contributed by atoms with Crippen molar-refractivity contribution < 1.29 is 23.1 Å². The molecule has 0 spiro atoms. The van der Waals surface area contributed by atoms with E-state index in [2.05, 4.69) is 0 Å². The Morgan fingerprint density at radius 3 is 2.47 bits per heavy atom. The van der Waals surface area contributed by atoms with Gasteiger partial charge in [-0.1, -0.05) is 6.92 Å². The Morgan fingerprint density at radius 2 is 2.06 bits per heavy atom. The Morgan fingerprint density at radius 1 is 1.47 bits per heavy atom. The van der Waals surface area contributed by atoms with Crippen LogP contribution in [0.3, 0.4) is 0 Å². The number of ether oxygens (including phenoxy) is 1. The smallest absolute Gasteiger partial charge is 0.309 e. The van der Waals surface area contributed by atoms with Gasteiger partial charge in [-0.05, 0) is 12.8 Å². The molecule has 0 amide bonds. The first kappa shape index (κ1) is 14.4. The first-order chi connectivity index (χ1) is 7.83. The van der Waals surface area contributed by atoms with Crippen LogP contribution in [0.25, 0.3) is 0 Å². The van der Waals surface area contributed by atoms with Crippen molar-refractivity contribution in [2.45, 2.75) is 37.2 Å². The van der Waals surface area contributed by atoms with Gasteiger partial charge in [0.1, 0.15) is 0 Å². The van der Waals surface area contributed by atoms with Crippen LogP contribution in [0, 0.1) is 5.92 Å². The van der Waals surface area contributed by atoms with Gasteiger partial charge in [0, 0.05) is 18.9 Å². The molecule has 1 saturated carbocycles. The van der Waals surface area contributed by atoms with Gasteiger partial charge in [0.25, 0.3) is 0 Å². The minimum atomic E-state index is -3.31. The maximum atomic E-state index is 11.8. The summed E-state index contributed by atoms with van der Waals surface area (Å²) in [5, 5.41) is 8.29. The van der Waals surface area contributed by atoms with E-state index in [0.717, 1.165) is 0 Å². The highest BCUT2D eigenvalue weighted by Gasteiger charge is 2.44. The zero-order valence-corrected chi connectivity index (χ0v) is 10.8. The van der Waals surface area contributed by atoms with Crippen LogP contribution in [0.15, 0.2) is 0 Å². The summed E-state index contributed by atoms with van der Waals surface area (Å²) < 4.78 is 28.7. The van der Waals surface area contributed by atoms with Gasteiger partial charge in [0.2, 0.25) is 0 Å². The number of carboxylic acid groups (broad SMARTS) is 1. The van der Waals surface area contributed by atoms with Gasteiger partial charge in [-0.3, -0.25) is 4.79 Å². The van der Waals surface area contributed by atoms with Crippen molar-refractivity contribution in [3.8, 4) is 0 Å². The van der Waals surface area contributed by atoms with Gasteiger partial charge in [0.15, 0.2) is 9.84 Å². The second kappa shape index (κ2) is 5.32. The first-order valence-corrected chi connectivity index (χ1v) is 7.27. The number of sulfone groups is 1. The highest BCUT2D eigenvalue weighted by atomic mass is 32.2. The van der Waals surface area contributed by atoms with Gasteiger partial charge in [-0.15, -0.1) is 0 Å². The van der Waals surface area contributed by atoms with Gasteiger partial charge in [-0.2, -0.15) is 0 Å². The third kappa shape index (κ3) is 2.97. The lowest BCUT2D eigenvalue weighted by molar-refractivity contribution is -0.148. The van der Waals surface area contributed by atoms with E-state index in [-0.39, 0.29) is 18.6 Å². The summed E-state index contributed by atoms with van der Waals surface area (Å²) in [7, 11) is -1.89. The predicted octanol–water partition coefficient (Wildman–Crippen LogP) is -0.373. The van der Waals surface area contributed by atoms with E-state index in [4.69, 9.17) is 15.6 Å². The molecule has 1 aliphatic rings. The molecule has 0 saturated heterocycles. The summed E-state index contributed by atoms with van der Waals surface area (Å²) in [6.07, 6.45) is -0.214. The van der Waals surface area contributed by atoms with Gasteiger partial charge in [0.05, 0.1) is 17.3 Å². The van der Waals surface area contributed by atoms with E-state index in [1.807, 2.05) is 0 Å². The van der Waals surface area contributed by atoms with Crippen LogP contribution in [0.5, 0.6) is 0 Å². The quantitative estimate of drug-likeness (QED) is 0.718. The summed E-state index contributed by atoms with van der Waals surface area (Å²) in [4.78, 5) is 11.1. The summed E-state index contributed by atoms with van der Waals surface area (Å²) in [5.41, 5.74) is 5.82. The number of methoxy groups -OCH3 is 1. The van der Waals surface area contributed by atoms with E-state index in [1.54, 1.807) is 6.92 Å². The molecule has 0 heterocycles. The van der Waals surface area contributed by atoms with Crippen molar-refractivity contribution in [1.82, 2.24) is 0 Å². The highest BCUT2D eigenvalue weighted by molar-refractivity contribution is 7.92. The van der Waals surface area contributed by atoms with Crippen LogP contribution in [0.2, 0.25) is 0 Å². The van der Waals surface area contributed by atoms with E-state index >= 15 is 0 Å². The molecule has 0 bridgehead atoms. The van der Waals surface area contributed by atoms with Crippen LogP contribution in [-0.2, 0) is 19.4 Å². The van der Waals surface area contributed by atoms with Crippen molar-refractivity contribution in [1.29, 1.82) is 0 Å². The normalized spacial score (nSPS) is 34.5. The van der Waals surface area contributed by atoms with Crippen LogP contribution in [0.1, 0.15) is 19.8 Å². The van der Waals surface area contributed by atoms with Crippen molar-refractivity contribution in [2.24, 2.45) is 11.7 Å². The monoisotopic (exact) mass is 265 g/mol. The number of rotatable bonds is 4. The topological polar surface area (TPSA) is 107 Å². The van der Waals surface area contributed by atoms with E-state index < -0.39 is 39.1 Å². The van der Waals surface area contributed by atoms with Crippen LogP contribution in [-0.4, -0.2) is 49.8 Å². The third-order valence-electron chi connectivity index (χ3n) is 3.40. The molecule has 7 heteroatoms. The largest absolute Gasteiger partial charge is 0.481 e. The van der Waals surface area contributed by atoms with Gasteiger partial charge in [-0.25, -0.2) is 8.42 Å². The molecule has 0 aromatic rings. The molecule has 4 atom stereocenters. The van der Waals surface area contributed by atoms with Crippen molar-refractivity contribution in [3.63, 3.8) is 0 Å². The maximum absolute atomic E-state index is 11.8. The fourth-order valence-corrected chi connectivity index (χ4v) is 3.88. The van der Waals surface area contributed by atoms with Crippen molar-refractivity contribution in [3.05, 3.63) is 0 Å². The standard InChI is InChI=1S/C10H19NO5S/c1-3-17(14,15)9-4-6(10(12)13)8(16-2)5-7(9)11/h6-9H,3-5,11H2,1-2H3,(H,12,13). The van der Waals surface area contributed by atoms with E-state index in [0.29, 0.717) is 0 Å². The molecule has 0 radical (unpaired) electrons. The SMILES string of the molecule is CCS(=O)(=O)C1CC(C(=O)O)C(OC)CC1N. The zero-order valence-electron chi connectivity index (χ0n) is 10.00. The molecule has 1 rings (SSSR count). The lowest BCUT2D eigenvalue weighted by Crippen LogP contribution is -2.52. The number of carbonyl (C=O) groups is 1. The Hall–Kier alpha value is -0.660. The minimum absolute atomic E-state index is 0.0185. The average molecular weight is 265 g/mol. The predicted molar refractivity (Wildman–Crippen MR) is 62.4 cm³/mol.